The highest BCUT2D eigenvalue weighted by atomic mass is 16.5. The normalized spacial score (nSPS) is 18.1. The van der Waals surface area contributed by atoms with Crippen molar-refractivity contribution in [2.45, 2.75) is 12.1 Å². The highest BCUT2D eigenvalue weighted by molar-refractivity contribution is 5.77. The number of aliphatic hydroxyl groups is 1. The van der Waals surface area contributed by atoms with Gasteiger partial charge in [0.25, 0.3) is 0 Å². The van der Waals surface area contributed by atoms with Gasteiger partial charge in [-0.05, 0) is 6.07 Å². The maximum Gasteiger partial charge on any atom is 0.334 e. The number of carboxylic acid groups (broad SMARTS) is 1. The third-order valence-electron chi connectivity index (χ3n) is 2.75. The van der Waals surface area contributed by atoms with Crippen LogP contribution in [0.5, 0.6) is 5.75 Å². The first-order valence-corrected chi connectivity index (χ1v) is 5.75. The molecule has 2 rings (SSSR count). The Kier molecular flexibility index (Phi) is 3.86. The summed E-state index contributed by atoms with van der Waals surface area (Å²) >= 11 is 0. The van der Waals surface area contributed by atoms with Crippen LogP contribution in [0.2, 0.25) is 0 Å². The number of aliphatic carboxylic acids is 1. The van der Waals surface area contributed by atoms with Crippen LogP contribution in [-0.2, 0) is 4.79 Å². The Morgan fingerprint density at radius 2 is 2.16 bits per heavy atom. The van der Waals surface area contributed by atoms with Gasteiger partial charge in [-0.3, -0.25) is 0 Å². The molecule has 0 aromatic heterocycles. The van der Waals surface area contributed by atoms with Gasteiger partial charge in [0, 0.05) is 5.56 Å². The Labute approximate surface area is 109 Å². The second kappa shape index (κ2) is 5.57. The summed E-state index contributed by atoms with van der Waals surface area (Å²) in [4.78, 5) is 21.9. The smallest absolute Gasteiger partial charge is 0.334 e. The van der Waals surface area contributed by atoms with Crippen molar-refractivity contribution >= 4 is 12.0 Å². The second-order valence-electron chi connectivity index (χ2n) is 4.11. The molecular formula is C12H14N2O5. The van der Waals surface area contributed by atoms with Gasteiger partial charge in [-0.15, -0.1) is 0 Å². The number of carbonyl (C=O) groups is 2. The maximum atomic E-state index is 11.6. The van der Waals surface area contributed by atoms with Gasteiger partial charge in [0.1, 0.15) is 12.4 Å². The molecule has 7 heteroatoms. The van der Waals surface area contributed by atoms with Crippen molar-refractivity contribution in [3.8, 4) is 5.75 Å². The quantitative estimate of drug-likeness (QED) is 0.607. The Morgan fingerprint density at radius 1 is 1.42 bits per heavy atom. The summed E-state index contributed by atoms with van der Waals surface area (Å²) in [5.41, 5.74) is 0.872. The van der Waals surface area contributed by atoms with Gasteiger partial charge in [0.2, 0.25) is 0 Å². The van der Waals surface area contributed by atoms with Crippen LogP contribution < -0.4 is 15.4 Å². The molecule has 1 aliphatic heterocycles. The van der Waals surface area contributed by atoms with Crippen molar-refractivity contribution < 1.29 is 24.5 Å². The molecule has 0 saturated carbocycles. The molecule has 4 N–H and O–H groups in total. The van der Waals surface area contributed by atoms with Gasteiger partial charge in [0.05, 0.1) is 12.6 Å². The zero-order chi connectivity index (χ0) is 13.8. The molecule has 0 fully saturated rings. The van der Waals surface area contributed by atoms with Gasteiger partial charge in [0.15, 0.2) is 6.10 Å². The SMILES string of the molecule is O=C(NC[C@H](O)C(=O)O)NC1COc2ccccc21. The van der Waals surface area contributed by atoms with Crippen LogP contribution in [0.4, 0.5) is 4.79 Å². The fraction of sp³-hybridized carbons (Fsp3) is 0.333. The van der Waals surface area contributed by atoms with Gasteiger partial charge in [-0.25, -0.2) is 9.59 Å². The molecule has 1 aromatic carbocycles. The van der Waals surface area contributed by atoms with E-state index >= 15 is 0 Å². The number of para-hydroxylation sites is 1. The Morgan fingerprint density at radius 3 is 2.89 bits per heavy atom. The van der Waals surface area contributed by atoms with E-state index in [9.17, 15) is 9.59 Å². The first-order chi connectivity index (χ1) is 9.08. The Hall–Kier alpha value is -2.28. The second-order valence-corrected chi connectivity index (χ2v) is 4.11. The van der Waals surface area contributed by atoms with E-state index in [1.165, 1.54) is 0 Å². The third-order valence-corrected chi connectivity index (χ3v) is 2.75. The number of benzene rings is 1. The van der Waals surface area contributed by atoms with E-state index in [-0.39, 0.29) is 12.6 Å². The molecule has 0 aliphatic carbocycles. The first kappa shape index (κ1) is 13.2. The molecule has 7 nitrogen and oxygen atoms in total. The van der Waals surface area contributed by atoms with Gasteiger partial charge < -0.3 is 25.6 Å². The number of nitrogens with one attached hydrogen (secondary N) is 2. The number of carboxylic acids is 1. The van der Waals surface area contributed by atoms with Crippen LogP contribution in [0, 0.1) is 0 Å². The monoisotopic (exact) mass is 266 g/mol. The minimum absolute atomic E-state index is 0.279. The lowest BCUT2D eigenvalue weighted by Gasteiger charge is -2.13. The van der Waals surface area contributed by atoms with E-state index in [4.69, 9.17) is 14.9 Å². The zero-order valence-electron chi connectivity index (χ0n) is 10.00. The van der Waals surface area contributed by atoms with E-state index < -0.39 is 18.1 Å². The summed E-state index contributed by atoms with van der Waals surface area (Å²) in [5, 5.41) is 22.4. The lowest BCUT2D eigenvalue weighted by molar-refractivity contribution is -0.146. The predicted molar refractivity (Wildman–Crippen MR) is 64.9 cm³/mol. The van der Waals surface area contributed by atoms with Crippen LogP contribution in [0.1, 0.15) is 11.6 Å². The molecule has 0 saturated heterocycles. The van der Waals surface area contributed by atoms with E-state index in [1.807, 2.05) is 24.3 Å². The molecule has 1 heterocycles. The molecular weight excluding hydrogens is 252 g/mol. The number of hydrogen-bond acceptors (Lipinski definition) is 4. The summed E-state index contributed by atoms with van der Waals surface area (Å²) in [6, 6.07) is 6.50. The van der Waals surface area contributed by atoms with Gasteiger partial charge in [-0.1, -0.05) is 18.2 Å². The van der Waals surface area contributed by atoms with Crippen LogP contribution in [-0.4, -0.2) is 41.5 Å². The standard InChI is InChI=1S/C12H14N2O5/c15-9(11(16)17)5-13-12(18)14-8-6-19-10-4-2-1-3-7(8)10/h1-4,8-9,15H,5-6H2,(H,16,17)(H2,13,14,18)/t8?,9-/m0/s1. The van der Waals surface area contributed by atoms with Crippen molar-refractivity contribution in [1.29, 1.82) is 0 Å². The fourth-order valence-electron chi connectivity index (χ4n) is 1.77. The highest BCUT2D eigenvalue weighted by Gasteiger charge is 2.25. The van der Waals surface area contributed by atoms with Gasteiger partial charge >= 0.3 is 12.0 Å². The molecule has 1 unspecified atom stereocenters. The van der Waals surface area contributed by atoms with Crippen molar-refractivity contribution in [3.05, 3.63) is 29.8 Å². The molecule has 2 amide bonds. The first-order valence-electron chi connectivity index (χ1n) is 5.75. The highest BCUT2D eigenvalue weighted by Crippen LogP contribution is 2.31. The van der Waals surface area contributed by atoms with E-state index in [0.29, 0.717) is 6.61 Å². The number of urea groups is 1. The number of amides is 2. The summed E-state index contributed by atoms with van der Waals surface area (Å²) in [5.74, 6) is -0.659. The molecule has 1 aliphatic rings. The van der Waals surface area contributed by atoms with Gasteiger partial charge in [-0.2, -0.15) is 0 Å². The number of hydrogen-bond donors (Lipinski definition) is 4. The van der Waals surface area contributed by atoms with Crippen molar-refractivity contribution in [2.75, 3.05) is 13.2 Å². The summed E-state index contributed by atoms with van der Waals surface area (Å²) in [6.45, 7) is -0.0232. The largest absolute Gasteiger partial charge is 0.491 e. The van der Waals surface area contributed by atoms with Crippen molar-refractivity contribution in [3.63, 3.8) is 0 Å². The van der Waals surface area contributed by atoms with Crippen LogP contribution in [0.25, 0.3) is 0 Å². The molecule has 2 atom stereocenters. The minimum Gasteiger partial charge on any atom is -0.491 e. The lowest BCUT2D eigenvalue weighted by atomic mass is 10.1. The van der Waals surface area contributed by atoms with E-state index in [1.54, 1.807) is 0 Å². The molecule has 102 valence electrons. The number of fused-ring (bicyclic) bond motifs is 1. The Balaban J connectivity index is 1.86. The third kappa shape index (κ3) is 3.14. The summed E-state index contributed by atoms with van der Waals surface area (Å²) in [7, 11) is 0. The molecule has 0 spiro atoms. The Bertz CT molecular complexity index is 491. The molecule has 1 aromatic rings. The number of rotatable bonds is 4. The number of aliphatic hydroxyl groups excluding tert-OH is 1. The van der Waals surface area contributed by atoms with Crippen LogP contribution in [0.15, 0.2) is 24.3 Å². The van der Waals surface area contributed by atoms with Crippen LogP contribution in [0.3, 0.4) is 0 Å². The molecule has 19 heavy (non-hydrogen) atoms. The minimum atomic E-state index is -1.61. The zero-order valence-corrected chi connectivity index (χ0v) is 10.00. The van der Waals surface area contributed by atoms with E-state index in [2.05, 4.69) is 10.6 Å². The topological polar surface area (TPSA) is 108 Å². The summed E-state index contributed by atoms with van der Waals surface area (Å²) in [6.07, 6.45) is -1.61. The average Bonchev–Trinajstić information content (AvgIpc) is 2.79. The predicted octanol–water partition coefficient (Wildman–Crippen LogP) is -0.135. The van der Waals surface area contributed by atoms with Crippen LogP contribution >= 0.6 is 0 Å². The average molecular weight is 266 g/mol. The van der Waals surface area contributed by atoms with Crippen molar-refractivity contribution in [2.24, 2.45) is 0 Å². The number of carbonyl (C=O) groups excluding carboxylic acids is 1. The number of ether oxygens (including phenoxy) is 1. The molecule has 0 radical (unpaired) electrons. The van der Waals surface area contributed by atoms with Crippen molar-refractivity contribution in [1.82, 2.24) is 10.6 Å². The summed E-state index contributed by atoms with van der Waals surface area (Å²) < 4.78 is 5.39. The van der Waals surface area contributed by atoms with E-state index in [0.717, 1.165) is 11.3 Å². The fourth-order valence-corrected chi connectivity index (χ4v) is 1.77. The maximum absolute atomic E-state index is 11.6. The molecule has 0 bridgehead atoms. The lowest BCUT2D eigenvalue weighted by Crippen LogP contribution is -2.43.